The number of hydrogen-bond acceptors (Lipinski definition) is 6. The van der Waals surface area contributed by atoms with Gasteiger partial charge in [0, 0.05) is 41.4 Å². The SMILES string of the molecule is C[C@H](C(N)=O)N(CC(F)(F)F)c1cncc(-c2c[nH]c3ncc(S(C)(=O)=O)cc23)c1. The minimum Gasteiger partial charge on any atom is -0.368 e. The minimum absolute atomic E-state index is 0.000937. The number of nitrogens with one attached hydrogen (secondary N) is 1. The van der Waals surface area contributed by atoms with Gasteiger partial charge in [-0.2, -0.15) is 13.2 Å². The van der Waals surface area contributed by atoms with Crippen LogP contribution in [0.5, 0.6) is 0 Å². The Hall–Kier alpha value is -3.15. The summed E-state index contributed by atoms with van der Waals surface area (Å²) in [5.41, 5.74) is 6.57. The van der Waals surface area contributed by atoms with Crippen molar-refractivity contribution in [1.82, 2.24) is 15.0 Å². The van der Waals surface area contributed by atoms with Gasteiger partial charge in [0.2, 0.25) is 5.91 Å². The average molecular weight is 441 g/mol. The highest BCUT2D eigenvalue weighted by atomic mass is 32.2. The van der Waals surface area contributed by atoms with Crippen LogP contribution in [0.25, 0.3) is 22.2 Å². The predicted molar refractivity (Wildman–Crippen MR) is 104 cm³/mol. The number of rotatable bonds is 6. The van der Waals surface area contributed by atoms with Gasteiger partial charge in [-0.05, 0) is 19.1 Å². The van der Waals surface area contributed by atoms with Crippen LogP contribution < -0.4 is 10.6 Å². The largest absolute Gasteiger partial charge is 0.405 e. The zero-order valence-corrected chi connectivity index (χ0v) is 16.8. The van der Waals surface area contributed by atoms with E-state index in [1.807, 2.05) is 0 Å². The van der Waals surface area contributed by atoms with Crippen LogP contribution in [-0.2, 0) is 14.6 Å². The lowest BCUT2D eigenvalue weighted by atomic mass is 10.1. The molecule has 12 heteroatoms. The van der Waals surface area contributed by atoms with Crippen molar-refractivity contribution in [2.75, 3.05) is 17.7 Å². The number of primary amides is 1. The Morgan fingerprint density at radius 1 is 1.27 bits per heavy atom. The lowest BCUT2D eigenvalue weighted by molar-refractivity contribution is -0.125. The topological polar surface area (TPSA) is 122 Å². The third kappa shape index (κ3) is 4.53. The van der Waals surface area contributed by atoms with Crippen LogP contribution in [0, 0.1) is 0 Å². The molecule has 0 radical (unpaired) electrons. The van der Waals surface area contributed by atoms with E-state index in [1.54, 1.807) is 6.20 Å². The fourth-order valence-electron chi connectivity index (χ4n) is 2.96. The number of sulfone groups is 1. The third-order valence-corrected chi connectivity index (χ3v) is 5.61. The Bertz CT molecular complexity index is 1210. The zero-order valence-electron chi connectivity index (χ0n) is 15.9. The number of alkyl halides is 3. The van der Waals surface area contributed by atoms with Crippen molar-refractivity contribution < 1.29 is 26.4 Å². The number of aromatic nitrogens is 3. The Balaban J connectivity index is 2.11. The molecule has 3 aromatic rings. The molecule has 30 heavy (non-hydrogen) atoms. The number of H-pyrrole nitrogens is 1. The monoisotopic (exact) mass is 441 g/mol. The average Bonchev–Trinajstić information content (AvgIpc) is 3.07. The molecule has 0 unspecified atom stereocenters. The molecule has 0 spiro atoms. The molecule has 0 aliphatic carbocycles. The number of hydrogen-bond donors (Lipinski definition) is 2. The van der Waals surface area contributed by atoms with E-state index in [0.29, 0.717) is 22.2 Å². The first-order valence-corrected chi connectivity index (χ1v) is 10.5. The Kier molecular flexibility index (Phi) is 5.46. The first kappa shape index (κ1) is 21.6. The lowest BCUT2D eigenvalue weighted by Crippen LogP contribution is -2.47. The predicted octanol–water partition coefficient (Wildman–Crippen LogP) is 2.27. The number of nitrogens with zero attached hydrogens (tertiary/aromatic N) is 3. The van der Waals surface area contributed by atoms with Crippen molar-refractivity contribution in [3.05, 3.63) is 36.9 Å². The number of carbonyl (C=O) groups is 1. The van der Waals surface area contributed by atoms with Crippen LogP contribution in [0.4, 0.5) is 18.9 Å². The summed E-state index contributed by atoms with van der Waals surface area (Å²) < 4.78 is 62.9. The van der Waals surface area contributed by atoms with E-state index < -0.39 is 34.5 Å². The van der Waals surface area contributed by atoms with E-state index in [2.05, 4.69) is 15.0 Å². The van der Waals surface area contributed by atoms with Crippen LogP contribution in [0.15, 0.2) is 41.8 Å². The summed E-state index contributed by atoms with van der Waals surface area (Å²) in [6.45, 7) is -0.120. The van der Waals surface area contributed by atoms with E-state index in [0.717, 1.165) is 11.2 Å². The molecule has 3 heterocycles. The first-order valence-electron chi connectivity index (χ1n) is 8.62. The van der Waals surface area contributed by atoms with Gasteiger partial charge >= 0.3 is 6.18 Å². The maximum absolute atomic E-state index is 13.1. The molecule has 0 aliphatic heterocycles. The van der Waals surface area contributed by atoms with Gasteiger partial charge in [0.05, 0.1) is 16.8 Å². The van der Waals surface area contributed by atoms with Crippen molar-refractivity contribution in [2.24, 2.45) is 5.73 Å². The molecule has 0 fully saturated rings. The number of aromatic amines is 1. The standard InChI is InChI=1S/C18H18F3N5O3S/c1-10(16(22)27)26(9-18(19,20)21)12-3-11(5-23-6-12)15-8-25-17-14(15)4-13(7-24-17)30(2,28)29/h3-8,10H,9H2,1-2H3,(H2,22,27)(H,24,25)/t10-/m1/s1. The first-order chi connectivity index (χ1) is 13.9. The summed E-state index contributed by atoms with van der Waals surface area (Å²) in [5.74, 6) is -0.918. The van der Waals surface area contributed by atoms with Crippen molar-refractivity contribution in [1.29, 1.82) is 0 Å². The van der Waals surface area contributed by atoms with Gasteiger partial charge in [-0.15, -0.1) is 0 Å². The molecular weight excluding hydrogens is 423 g/mol. The maximum Gasteiger partial charge on any atom is 0.405 e. The quantitative estimate of drug-likeness (QED) is 0.605. The van der Waals surface area contributed by atoms with Crippen LogP contribution >= 0.6 is 0 Å². The third-order valence-electron chi connectivity index (χ3n) is 4.53. The summed E-state index contributed by atoms with van der Waals surface area (Å²) in [6.07, 6.45) is 1.85. The lowest BCUT2D eigenvalue weighted by Gasteiger charge is -2.30. The van der Waals surface area contributed by atoms with Crippen molar-refractivity contribution in [2.45, 2.75) is 24.0 Å². The molecule has 0 saturated carbocycles. The van der Waals surface area contributed by atoms with E-state index >= 15 is 0 Å². The number of pyridine rings is 2. The normalized spacial score (nSPS) is 13.4. The number of fused-ring (bicyclic) bond motifs is 1. The number of halogens is 3. The molecule has 0 aromatic carbocycles. The van der Waals surface area contributed by atoms with Crippen molar-refractivity contribution in [3.63, 3.8) is 0 Å². The van der Waals surface area contributed by atoms with Gasteiger partial charge in [0.1, 0.15) is 18.2 Å². The molecule has 8 nitrogen and oxygen atoms in total. The smallest absolute Gasteiger partial charge is 0.368 e. The molecule has 3 rings (SSSR count). The van der Waals surface area contributed by atoms with Crippen LogP contribution in [0.1, 0.15) is 6.92 Å². The Morgan fingerprint density at radius 2 is 1.97 bits per heavy atom. The molecule has 0 bridgehead atoms. The highest BCUT2D eigenvalue weighted by Crippen LogP contribution is 2.32. The van der Waals surface area contributed by atoms with Gasteiger partial charge in [-0.25, -0.2) is 13.4 Å². The van der Waals surface area contributed by atoms with E-state index in [1.165, 1.54) is 37.6 Å². The van der Waals surface area contributed by atoms with Crippen LogP contribution in [0.2, 0.25) is 0 Å². The second kappa shape index (κ2) is 7.59. The van der Waals surface area contributed by atoms with Crippen LogP contribution in [-0.4, -0.2) is 54.3 Å². The van der Waals surface area contributed by atoms with Crippen molar-refractivity contribution >= 4 is 32.5 Å². The molecule has 3 N–H and O–H groups in total. The number of nitrogens with two attached hydrogens (primary N) is 1. The molecule has 1 amide bonds. The van der Waals surface area contributed by atoms with E-state index in [-0.39, 0.29) is 10.6 Å². The zero-order chi connectivity index (χ0) is 22.3. The van der Waals surface area contributed by atoms with E-state index in [4.69, 9.17) is 5.73 Å². The second-order valence-corrected chi connectivity index (χ2v) is 8.81. The molecule has 3 aromatic heterocycles. The van der Waals surface area contributed by atoms with Gasteiger partial charge < -0.3 is 15.6 Å². The summed E-state index contributed by atoms with van der Waals surface area (Å²) in [7, 11) is -3.51. The highest BCUT2D eigenvalue weighted by Gasteiger charge is 2.34. The number of carbonyl (C=O) groups excluding carboxylic acids is 1. The summed E-state index contributed by atoms with van der Waals surface area (Å²) >= 11 is 0. The Labute approximate surface area is 169 Å². The molecule has 160 valence electrons. The molecule has 1 atom stereocenters. The number of amides is 1. The molecular formula is C18H18F3N5O3S. The van der Waals surface area contributed by atoms with E-state index in [9.17, 15) is 26.4 Å². The summed E-state index contributed by atoms with van der Waals surface area (Å²) in [5, 5.41) is 0.460. The van der Waals surface area contributed by atoms with Gasteiger partial charge in [-0.1, -0.05) is 0 Å². The van der Waals surface area contributed by atoms with Crippen molar-refractivity contribution in [3.8, 4) is 11.1 Å². The molecule has 0 saturated heterocycles. The minimum atomic E-state index is -4.57. The fourth-order valence-corrected chi connectivity index (χ4v) is 3.53. The highest BCUT2D eigenvalue weighted by molar-refractivity contribution is 7.90. The Morgan fingerprint density at radius 3 is 2.57 bits per heavy atom. The van der Waals surface area contributed by atoms with Crippen LogP contribution in [0.3, 0.4) is 0 Å². The summed E-state index contributed by atoms with van der Waals surface area (Å²) in [6, 6.07) is 1.62. The number of anilines is 1. The van der Waals surface area contributed by atoms with Gasteiger partial charge in [0.25, 0.3) is 0 Å². The fraction of sp³-hybridized carbons (Fsp3) is 0.278. The van der Waals surface area contributed by atoms with Gasteiger partial charge in [0.15, 0.2) is 9.84 Å². The molecule has 0 aliphatic rings. The summed E-state index contributed by atoms with van der Waals surface area (Å²) in [4.78, 5) is 23.3. The van der Waals surface area contributed by atoms with Gasteiger partial charge in [-0.3, -0.25) is 9.78 Å². The second-order valence-electron chi connectivity index (χ2n) is 6.79. The maximum atomic E-state index is 13.1.